The molecule has 146 valence electrons. The summed E-state index contributed by atoms with van der Waals surface area (Å²) in [5.74, 6) is -0.0440. The molecule has 1 amide bonds. The lowest BCUT2D eigenvalue weighted by Gasteiger charge is -2.22. The lowest BCUT2D eigenvalue weighted by molar-refractivity contribution is 0.0984. The molecule has 0 saturated heterocycles. The highest BCUT2D eigenvalue weighted by Crippen LogP contribution is 2.21. The van der Waals surface area contributed by atoms with Gasteiger partial charge in [-0.1, -0.05) is 18.2 Å². The number of nitrogens with one attached hydrogen (secondary N) is 1. The van der Waals surface area contributed by atoms with Gasteiger partial charge in [-0.15, -0.1) is 0 Å². The molecule has 1 N–H and O–H groups in total. The third-order valence-corrected chi connectivity index (χ3v) is 4.57. The van der Waals surface area contributed by atoms with E-state index >= 15 is 0 Å². The molecule has 2 heterocycles. The summed E-state index contributed by atoms with van der Waals surface area (Å²) >= 11 is 0. The maximum atomic E-state index is 13.4. The third kappa shape index (κ3) is 3.64. The molecule has 0 radical (unpaired) electrons. The zero-order valence-electron chi connectivity index (χ0n) is 15.9. The van der Waals surface area contributed by atoms with Gasteiger partial charge in [0.05, 0.1) is 6.54 Å². The Hall–Kier alpha value is -3.81. The van der Waals surface area contributed by atoms with Crippen molar-refractivity contribution in [3.63, 3.8) is 0 Å². The number of carbonyl (C=O) groups is 1. The maximum Gasteiger partial charge on any atom is 0.274 e. The minimum absolute atomic E-state index is 0.0562. The van der Waals surface area contributed by atoms with Crippen molar-refractivity contribution in [1.29, 1.82) is 0 Å². The average molecular weight is 391 g/mol. The molecule has 0 aliphatic heterocycles. The first-order valence-electron chi connectivity index (χ1n) is 9.01. The number of rotatable bonds is 4. The van der Waals surface area contributed by atoms with Crippen molar-refractivity contribution in [3.05, 3.63) is 93.4 Å². The number of hydrogen-bond acceptors (Lipinski definition) is 4. The van der Waals surface area contributed by atoms with E-state index in [1.54, 1.807) is 19.1 Å². The molecule has 0 aliphatic carbocycles. The third-order valence-electron chi connectivity index (χ3n) is 4.57. The molecule has 4 aromatic rings. The summed E-state index contributed by atoms with van der Waals surface area (Å²) in [6.45, 7) is 3.62. The highest BCUT2D eigenvalue weighted by Gasteiger charge is 2.21. The molecule has 2 aromatic heterocycles. The van der Waals surface area contributed by atoms with E-state index in [9.17, 15) is 14.0 Å². The predicted molar refractivity (Wildman–Crippen MR) is 106 cm³/mol. The zero-order valence-corrected chi connectivity index (χ0v) is 15.9. The number of benzene rings is 2. The fourth-order valence-corrected chi connectivity index (χ4v) is 3.12. The number of aromatic nitrogens is 4. The van der Waals surface area contributed by atoms with E-state index < -0.39 is 5.82 Å². The van der Waals surface area contributed by atoms with Crippen LogP contribution in [0.3, 0.4) is 0 Å². The molecular weight excluding hydrogens is 373 g/mol. The van der Waals surface area contributed by atoms with Gasteiger partial charge in [-0.25, -0.2) is 9.37 Å². The smallest absolute Gasteiger partial charge is 0.274 e. The molecule has 4 rings (SSSR count). The molecule has 0 unspecified atom stereocenters. The Morgan fingerprint density at radius 2 is 1.83 bits per heavy atom. The number of H-pyrrole nitrogens is 1. The van der Waals surface area contributed by atoms with Crippen molar-refractivity contribution in [1.82, 2.24) is 19.6 Å². The van der Waals surface area contributed by atoms with E-state index in [1.807, 2.05) is 19.1 Å². The molecule has 7 nitrogen and oxygen atoms in total. The highest BCUT2D eigenvalue weighted by atomic mass is 19.1. The van der Waals surface area contributed by atoms with Crippen LogP contribution in [0.2, 0.25) is 0 Å². The van der Waals surface area contributed by atoms with Gasteiger partial charge in [-0.3, -0.25) is 14.7 Å². The van der Waals surface area contributed by atoms with Crippen LogP contribution in [0.15, 0.2) is 59.4 Å². The van der Waals surface area contributed by atoms with Crippen molar-refractivity contribution in [2.75, 3.05) is 4.90 Å². The molecule has 0 bridgehead atoms. The number of fused-ring (bicyclic) bond motifs is 1. The van der Waals surface area contributed by atoms with Gasteiger partial charge in [0.2, 0.25) is 0 Å². The summed E-state index contributed by atoms with van der Waals surface area (Å²) < 4.78 is 14.6. The van der Waals surface area contributed by atoms with Gasteiger partial charge >= 0.3 is 0 Å². The molecule has 0 spiro atoms. The standard InChI is InChI=1S/C21H18FN5O2/c1-13-5-3-4-6-17(13)20(29)26(16-9-7-15(22)8-10-16)12-18-24-21-23-14(2)11-19(28)27(21)25-18/h3-11H,12H2,1-2H3,(H,23,24,25). The normalized spacial score (nSPS) is 11.0. The summed E-state index contributed by atoms with van der Waals surface area (Å²) in [6.07, 6.45) is 0. The van der Waals surface area contributed by atoms with E-state index in [-0.39, 0.29) is 23.8 Å². The first-order valence-corrected chi connectivity index (χ1v) is 9.01. The Kier molecular flexibility index (Phi) is 4.67. The number of carbonyl (C=O) groups excluding carboxylic acids is 1. The number of halogens is 1. The first-order chi connectivity index (χ1) is 13.9. The van der Waals surface area contributed by atoms with Crippen molar-refractivity contribution < 1.29 is 9.18 Å². The van der Waals surface area contributed by atoms with Gasteiger partial charge in [0.25, 0.3) is 17.2 Å². The molecule has 0 atom stereocenters. The number of amides is 1. The Labute approximate surface area is 165 Å². The summed E-state index contributed by atoms with van der Waals surface area (Å²) in [7, 11) is 0. The van der Waals surface area contributed by atoms with Crippen LogP contribution in [0.5, 0.6) is 0 Å². The maximum absolute atomic E-state index is 13.4. The number of anilines is 1. The Morgan fingerprint density at radius 3 is 2.55 bits per heavy atom. The van der Waals surface area contributed by atoms with Crippen molar-refractivity contribution in [2.24, 2.45) is 0 Å². The zero-order chi connectivity index (χ0) is 20.5. The van der Waals surface area contributed by atoms with Gasteiger partial charge in [0, 0.05) is 23.0 Å². The second-order valence-electron chi connectivity index (χ2n) is 6.72. The minimum atomic E-state index is -0.396. The van der Waals surface area contributed by atoms with Crippen LogP contribution in [0.4, 0.5) is 10.1 Å². The largest absolute Gasteiger partial charge is 0.301 e. The van der Waals surface area contributed by atoms with Crippen LogP contribution in [-0.4, -0.2) is 25.5 Å². The average Bonchev–Trinajstić information content (AvgIpc) is 3.10. The van der Waals surface area contributed by atoms with Crippen LogP contribution >= 0.6 is 0 Å². The molecule has 8 heteroatoms. The summed E-state index contributed by atoms with van der Waals surface area (Å²) in [6, 6.07) is 14.3. The lowest BCUT2D eigenvalue weighted by Crippen LogP contribution is -2.31. The topological polar surface area (TPSA) is 83.4 Å². The Bertz CT molecular complexity index is 1260. The minimum Gasteiger partial charge on any atom is -0.301 e. The lowest BCUT2D eigenvalue weighted by atomic mass is 10.1. The van der Waals surface area contributed by atoms with E-state index in [0.29, 0.717) is 22.8 Å². The van der Waals surface area contributed by atoms with Crippen LogP contribution in [0.25, 0.3) is 5.78 Å². The summed E-state index contributed by atoms with van der Waals surface area (Å²) in [5.41, 5.74) is 2.13. The molecule has 0 fully saturated rings. The van der Waals surface area contributed by atoms with Crippen LogP contribution in [-0.2, 0) is 6.54 Å². The van der Waals surface area contributed by atoms with Crippen molar-refractivity contribution >= 4 is 17.4 Å². The van der Waals surface area contributed by atoms with Crippen LogP contribution < -0.4 is 10.5 Å². The molecular formula is C21H18FN5O2. The quantitative estimate of drug-likeness (QED) is 0.580. The fraction of sp³-hybridized carbons (Fsp3) is 0.143. The molecule has 29 heavy (non-hydrogen) atoms. The number of aryl methyl sites for hydroxylation is 2. The van der Waals surface area contributed by atoms with Crippen molar-refractivity contribution in [2.45, 2.75) is 20.4 Å². The summed E-state index contributed by atoms with van der Waals surface area (Å²) in [4.78, 5) is 35.5. The SMILES string of the molecule is Cc1cc(=O)n2[nH]c(CN(C(=O)c3ccccc3C)c3ccc(F)cc3)nc2n1. The molecule has 0 saturated carbocycles. The van der Waals surface area contributed by atoms with Crippen LogP contribution in [0, 0.1) is 19.7 Å². The number of nitrogens with zero attached hydrogens (tertiary/aromatic N) is 4. The second kappa shape index (κ2) is 7.31. The highest BCUT2D eigenvalue weighted by molar-refractivity contribution is 6.06. The predicted octanol–water partition coefficient (Wildman–Crippen LogP) is 3.02. The monoisotopic (exact) mass is 391 g/mol. The van der Waals surface area contributed by atoms with Gasteiger partial charge in [-0.05, 0) is 49.7 Å². The fourth-order valence-electron chi connectivity index (χ4n) is 3.12. The molecule has 0 aliphatic rings. The van der Waals surface area contributed by atoms with E-state index in [2.05, 4.69) is 15.1 Å². The Morgan fingerprint density at radius 1 is 1.10 bits per heavy atom. The van der Waals surface area contributed by atoms with Crippen LogP contribution in [0.1, 0.15) is 27.4 Å². The van der Waals surface area contributed by atoms with Gasteiger partial charge in [0.15, 0.2) is 0 Å². The van der Waals surface area contributed by atoms with E-state index in [0.717, 1.165) is 5.56 Å². The molecule has 2 aromatic carbocycles. The van der Waals surface area contributed by atoms with Gasteiger partial charge < -0.3 is 4.90 Å². The summed E-state index contributed by atoms with van der Waals surface area (Å²) in [5, 5.41) is 2.89. The van der Waals surface area contributed by atoms with E-state index in [1.165, 1.54) is 39.7 Å². The first kappa shape index (κ1) is 18.5. The Balaban J connectivity index is 1.77. The van der Waals surface area contributed by atoms with E-state index in [4.69, 9.17) is 0 Å². The number of hydrogen-bond donors (Lipinski definition) is 1. The number of aromatic amines is 1. The second-order valence-corrected chi connectivity index (χ2v) is 6.72. The van der Waals surface area contributed by atoms with Gasteiger partial charge in [-0.2, -0.15) is 9.50 Å². The van der Waals surface area contributed by atoms with Gasteiger partial charge in [0.1, 0.15) is 11.6 Å². The van der Waals surface area contributed by atoms with Crippen molar-refractivity contribution in [3.8, 4) is 0 Å².